The lowest BCUT2D eigenvalue weighted by molar-refractivity contribution is 0.0997. The lowest BCUT2D eigenvalue weighted by atomic mass is 10.3. The molecular formula is C10H14ClN3OS. The molecule has 2 heterocycles. The molecule has 0 N–H and O–H groups in total. The van der Waals surface area contributed by atoms with Gasteiger partial charge in [0.05, 0.1) is 19.3 Å². The smallest absolute Gasteiger partial charge is 0.205 e. The minimum Gasteiger partial charge on any atom is -0.377 e. The quantitative estimate of drug-likeness (QED) is 0.777. The topological polar surface area (TPSA) is 38.2 Å². The van der Waals surface area contributed by atoms with E-state index in [9.17, 15) is 0 Å². The molecule has 1 unspecified atom stereocenters. The summed E-state index contributed by atoms with van der Waals surface area (Å²) in [6, 6.07) is 0.246. The number of aromatic nitrogens is 2. The van der Waals surface area contributed by atoms with Gasteiger partial charge in [0, 0.05) is 29.9 Å². The maximum atomic E-state index is 5.94. The first-order valence-corrected chi connectivity index (χ1v) is 6.93. The fourth-order valence-electron chi connectivity index (χ4n) is 1.88. The molecule has 0 amide bonds. The van der Waals surface area contributed by atoms with Crippen molar-refractivity contribution in [1.29, 1.82) is 0 Å². The Labute approximate surface area is 104 Å². The standard InChI is InChI=1S/C10H14ClN3OS/c11-5-8-6-15-4-3-14(8)10-12-9(13-16-10)7-1-2-7/h7-8H,1-6H2. The van der Waals surface area contributed by atoms with E-state index in [-0.39, 0.29) is 6.04 Å². The van der Waals surface area contributed by atoms with E-state index in [0.717, 1.165) is 24.1 Å². The SMILES string of the molecule is ClCC1COCCN1c1nc(C2CC2)ns1. The van der Waals surface area contributed by atoms with Crippen molar-refractivity contribution in [2.75, 3.05) is 30.5 Å². The Bertz CT molecular complexity index is 369. The first kappa shape index (κ1) is 10.7. The number of morpholine rings is 1. The van der Waals surface area contributed by atoms with Gasteiger partial charge in [0.25, 0.3) is 0 Å². The summed E-state index contributed by atoms with van der Waals surface area (Å²) in [6.45, 7) is 2.32. The molecule has 2 aliphatic rings. The number of halogens is 1. The van der Waals surface area contributed by atoms with Crippen molar-refractivity contribution in [3.63, 3.8) is 0 Å². The Morgan fingerprint density at radius 3 is 3.12 bits per heavy atom. The average Bonchev–Trinajstić information content (AvgIpc) is 3.07. The maximum absolute atomic E-state index is 5.94. The van der Waals surface area contributed by atoms with Crippen molar-refractivity contribution in [2.24, 2.45) is 0 Å². The lowest BCUT2D eigenvalue weighted by Crippen LogP contribution is -2.46. The van der Waals surface area contributed by atoms with E-state index in [0.29, 0.717) is 18.4 Å². The van der Waals surface area contributed by atoms with Crippen LogP contribution in [0.5, 0.6) is 0 Å². The first-order chi connectivity index (χ1) is 7.88. The van der Waals surface area contributed by atoms with Crippen LogP contribution in [0.4, 0.5) is 5.13 Å². The van der Waals surface area contributed by atoms with Gasteiger partial charge in [0.15, 0.2) is 0 Å². The summed E-state index contributed by atoms with van der Waals surface area (Å²) in [6.07, 6.45) is 2.50. The van der Waals surface area contributed by atoms with Crippen LogP contribution in [0.2, 0.25) is 0 Å². The van der Waals surface area contributed by atoms with Crippen LogP contribution >= 0.6 is 23.1 Å². The summed E-state index contributed by atoms with van der Waals surface area (Å²) in [4.78, 5) is 6.85. The minimum atomic E-state index is 0.246. The van der Waals surface area contributed by atoms with Gasteiger partial charge in [-0.1, -0.05) is 0 Å². The number of ether oxygens (including phenoxy) is 1. The zero-order valence-corrected chi connectivity index (χ0v) is 10.5. The molecule has 0 spiro atoms. The van der Waals surface area contributed by atoms with Crippen molar-refractivity contribution in [3.8, 4) is 0 Å². The van der Waals surface area contributed by atoms with E-state index < -0.39 is 0 Å². The van der Waals surface area contributed by atoms with Crippen LogP contribution in [0.1, 0.15) is 24.6 Å². The van der Waals surface area contributed by atoms with E-state index in [1.165, 1.54) is 24.4 Å². The number of rotatable bonds is 3. The molecule has 3 rings (SSSR count). The number of hydrogen-bond donors (Lipinski definition) is 0. The molecule has 1 saturated heterocycles. The maximum Gasteiger partial charge on any atom is 0.205 e. The second kappa shape index (κ2) is 4.47. The third kappa shape index (κ3) is 2.04. The molecule has 16 heavy (non-hydrogen) atoms. The molecule has 1 aliphatic heterocycles. The number of alkyl halides is 1. The fourth-order valence-corrected chi connectivity index (χ4v) is 2.99. The van der Waals surface area contributed by atoms with Gasteiger partial charge >= 0.3 is 0 Å². The predicted octanol–water partition coefficient (Wildman–Crippen LogP) is 1.86. The van der Waals surface area contributed by atoms with Crippen molar-refractivity contribution in [3.05, 3.63) is 5.82 Å². The van der Waals surface area contributed by atoms with Gasteiger partial charge in [-0.15, -0.1) is 11.6 Å². The number of nitrogens with zero attached hydrogens (tertiary/aromatic N) is 3. The van der Waals surface area contributed by atoms with Crippen LogP contribution in [0.3, 0.4) is 0 Å². The summed E-state index contributed by atoms with van der Waals surface area (Å²) in [5, 5.41) is 1.01. The highest BCUT2D eigenvalue weighted by Gasteiger charge is 2.30. The fraction of sp³-hybridized carbons (Fsp3) is 0.800. The van der Waals surface area contributed by atoms with Gasteiger partial charge in [0.1, 0.15) is 5.82 Å². The molecule has 1 atom stereocenters. The van der Waals surface area contributed by atoms with Gasteiger partial charge in [-0.2, -0.15) is 4.37 Å². The van der Waals surface area contributed by atoms with Crippen molar-refractivity contribution in [1.82, 2.24) is 9.36 Å². The van der Waals surface area contributed by atoms with Crippen LogP contribution in [0, 0.1) is 0 Å². The Balaban J connectivity index is 1.77. The molecule has 0 radical (unpaired) electrons. The summed E-state index contributed by atoms with van der Waals surface area (Å²) < 4.78 is 9.85. The molecule has 4 nitrogen and oxygen atoms in total. The summed E-state index contributed by atoms with van der Waals surface area (Å²) in [7, 11) is 0. The molecule has 2 fully saturated rings. The van der Waals surface area contributed by atoms with Crippen LogP contribution in [-0.2, 0) is 4.74 Å². The highest BCUT2D eigenvalue weighted by molar-refractivity contribution is 7.09. The summed E-state index contributed by atoms with van der Waals surface area (Å²) in [5.74, 6) is 2.23. The second-order valence-electron chi connectivity index (χ2n) is 4.29. The predicted molar refractivity (Wildman–Crippen MR) is 64.6 cm³/mol. The lowest BCUT2D eigenvalue weighted by Gasteiger charge is -2.33. The molecule has 0 bridgehead atoms. The van der Waals surface area contributed by atoms with Gasteiger partial charge < -0.3 is 9.64 Å². The third-order valence-corrected chi connectivity index (χ3v) is 4.15. The van der Waals surface area contributed by atoms with Crippen molar-refractivity contribution in [2.45, 2.75) is 24.8 Å². The summed E-state index contributed by atoms with van der Waals surface area (Å²) >= 11 is 7.44. The Morgan fingerprint density at radius 2 is 2.38 bits per heavy atom. The third-order valence-electron chi connectivity index (χ3n) is 3.02. The molecule has 1 aromatic heterocycles. The normalized spacial score (nSPS) is 26.1. The minimum absolute atomic E-state index is 0.246. The van der Waals surface area contributed by atoms with E-state index in [1.807, 2.05) is 0 Å². The Morgan fingerprint density at radius 1 is 1.50 bits per heavy atom. The van der Waals surface area contributed by atoms with Crippen LogP contribution in [-0.4, -0.2) is 41.0 Å². The van der Waals surface area contributed by atoms with E-state index in [1.54, 1.807) is 0 Å². The van der Waals surface area contributed by atoms with E-state index in [2.05, 4.69) is 14.3 Å². The number of hydrogen-bond acceptors (Lipinski definition) is 5. The monoisotopic (exact) mass is 259 g/mol. The second-order valence-corrected chi connectivity index (χ2v) is 5.32. The molecule has 1 aliphatic carbocycles. The van der Waals surface area contributed by atoms with E-state index >= 15 is 0 Å². The van der Waals surface area contributed by atoms with Crippen LogP contribution < -0.4 is 4.90 Å². The highest BCUT2D eigenvalue weighted by atomic mass is 35.5. The largest absolute Gasteiger partial charge is 0.377 e. The highest BCUT2D eigenvalue weighted by Crippen LogP contribution is 2.40. The van der Waals surface area contributed by atoms with Crippen molar-refractivity contribution >= 4 is 28.3 Å². The molecule has 88 valence electrons. The van der Waals surface area contributed by atoms with Gasteiger partial charge in [0.2, 0.25) is 5.13 Å². The average molecular weight is 260 g/mol. The van der Waals surface area contributed by atoms with Crippen LogP contribution in [0.15, 0.2) is 0 Å². The van der Waals surface area contributed by atoms with Gasteiger partial charge in [-0.3, -0.25) is 0 Å². The zero-order chi connectivity index (χ0) is 11.0. The van der Waals surface area contributed by atoms with Crippen molar-refractivity contribution < 1.29 is 4.74 Å². The molecule has 6 heteroatoms. The molecular weight excluding hydrogens is 246 g/mol. The summed E-state index contributed by atoms with van der Waals surface area (Å²) in [5.41, 5.74) is 0. The first-order valence-electron chi connectivity index (χ1n) is 5.62. The molecule has 1 aromatic rings. The zero-order valence-electron chi connectivity index (χ0n) is 8.93. The molecule has 1 saturated carbocycles. The van der Waals surface area contributed by atoms with Crippen LogP contribution in [0.25, 0.3) is 0 Å². The number of anilines is 1. The Hall–Kier alpha value is -0.390. The van der Waals surface area contributed by atoms with Gasteiger partial charge in [-0.05, 0) is 12.8 Å². The Kier molecular flexibility index (Phi) is 3.00. The van der Waals surface area contributed by atoms with E-state index in [4.69, 9.17) is 16.3 Å². The van der Waals surface area contributed by atoms with Gasteiger partial charge in [-0.25, -0.2) is 4.98 Å². The molecule has 0 aromatic carbocycles.